The highest BCUT2D eigenvalue weighted by Crippen LogP contribution is 2.35. The van der Waals surface area contributed by atoms with Crippen molar-refractivity contribution < 1.29 is 13.9 Å². The predicted octanol–water partition coefficient (Wildman–Crippen LogP) is 4.30. The highest BCUT2D eigenvalue weighted by molar-refractivity contribution is 6.31. The molecule has 0 atom stereocenters. The number of halogens is 3. The van der Waals surface area contributed by atoms with Gasteiger partial charge in [-0.3, -0.25) is 0 Å². The summed E-state index contributed by atoms with van der Waals surface area (Å²) in [5.74, 6) is -1.51. The summed E-state index contributed by atoms with van der Waals surface area (Å²) < 4.78 is 26.3. The fourth-order valence-corrected chi connectivity index (χ4v) is 1.75. The zero-order valence-corrected chi connectivity index (χ0v) is 9.72. The Kier molecular flexibility index (Phi) is 3.03. The molecule has 0 aliphatic carbocycles. The van der Waals surface area contributed by atoms with Crippen LogP contribution in [0, 0.1) is 18.6 Å². The predicted molar refractivity (Wildman–Crippen MR) is 63.2 cm³/mol. The van der Waals surface area contributed by atoms with E-state index in [1.165, 1.54) is 12.1 Å². The molecule has 1 N–H and O–H groups in total. The van der Waals surface area contributed by atoms with Gasteiger partial charge in [-0.05, 0) is 36.8 Å². The van der Waals surface area contributed by atoms with E-state index in [2.05, 4.69) is 0 Å². The number of phenolic OH excluding ortho intramolecular Hbond substituents is 1. The topological polar surface area (TPSA) is 20.2 Å². The third-order valence-corrected chi connectivity index (χ3v) is 2.91. The number of hydrogen-bond donors (Lipinski definition) is 1. The van der Waals surface area contributed by atoms with E-state index in [1.807, 2.05) is 0 Å². The van der Waals surface area contributed by atoms with Crippen molar-refractivity contribution in [2.45, 2.75) is 6.92 Å². The van der Waals surface area contributed by atoms with Crippen molar-refractivity contribution in [3.8, 4) is 16.9 Å². The molecule has 0 fully saturated rings. The molecule has 0 amide bonds. The van der Waals surface area contributed by atoms with Crippen LogP contribution in [0.3, 0.4) is 0 Å². The van der Waals surface area contributed by atoms with Crippen molar-refractivity contribution in [3.05, 3.63) is 52.6 Å². The van der Waals surface area contributed by atoms with Crippen molar-refractivity contribution in [2.75, 3.05) is 0 Å². The van der Waals surface area contributed by atoms with Gasteiger partial charge in [0.1, 0.15) is 17.4 Å². The normalized spacial score (nSPS) is 10.6. The Hall–Kier alpha value is -1.61. The Balaban J connectivity index is 2.64. The van der Waals surface area contributed by atoms with Gasteiger partial charge in [-0.15, -0.1) is 0 Å². The molecule has 0 saturated heterocycles. The smallest absolute Gasteiger partial charge is 0.134 e. The summed E-state index contributed by atoms with van der Waals surface area (Å²) in [5, 5.41) is 10.1. The molecule has 0 saturated carbocycles. The molecule has 4 heteroatoms. The summed E-state index contributed by atoms with van der Waals surface area (Å²) in [6, 6.07) is 6.11. The maximum absolute atomic E-state index is 13.6. The monoisotopic (exact) mass is 254 g/mol. The number of rotatable bonds is 1. The molecule has 0 radical (unpaired) electrons. The standard InChI is InChI=1S/C13H9ClF2O/c1-7-4-10(13(17)6-11(7)14)9-3-2-8(15)5-12(9)16/h2-6,17H,1H3. The van der Waals surface area contributed by atoms with Crippen molar-refractivity contribution in [1.29, 1.82) is 0 Å². The average molecular weight is 255 g/mol. The van der Waals surface area contributed by atoms with Gasteiger partial charge in [0.25, 0.3) is 0 Å². The summed E-state index contributed by atoms with van der Waals surface area (Å²) in [6.07, 6.45) is 0. The van der Waals surface area contributed by atoms with E-state index >= 15 is 0 Å². The second kappa shape index (κ2) is 4.34. The molecule has 0 bridgehead atoms. The molecule has 0 aromatic heterocycles. The lowest BCUT2D eigenvalue weighted by Crippen LogP contribution is -1.88. The van der Waals surface area contributed by atoms with E-state index in [9.17, 15) is 13.9 Å². The second-order valence-corrected chi connectivity index (χ2v) is 4.15. The van der Waals surface area contributed by atoms with Crippen molar-refractivity contribution >= 4 is 11.6 Å². The first kappa shape index (κ1) is 11.9. The summed E-state index contributed by atoms with van der Waals surface area (Å²) in [6.45, 7) is 1.74. The van der Waals surface area contributed by atoms with Crippen LogP contribution in [0.25, 0.3) is 11.1 Å². The molecule has 88 valence electrons. The average Bonchev–Trinajstić information content (AvgIpc) is 2.24. The van der Waals surface area contributed by atoms with E-state index in [4.69, 9.17) is 11.6 Å². The van der Waals surface area contributed by atoms with Gasteiger partial charge in [0.2, 0.25) is 0 Å². The van der Waals surface area contributed by atoms with Crippen molar-refractivity contribution in [2.24, 2.45) is 0 Å². The molecular formula is C13H9ClF2O. The lowest BCUT2D eigenvalue weighted by Gasteiger charge is -2.08. The number of aryl methyl sites for hydroxylation is 1. The van der Waals surface area contributed by atoms with Gasteiger partial charge in [-0.2, -0.15) is 0 Å². The van der Waals surface area contributed by atoms with Crippen molar-refractivity contribution in [1.82, 2.24) is 0 Å². The molecule has 0 spiro atoms. The highest BCUT2D eigenvalue weighted by Gasteiger charge is 2.12. The summed E-state index contributed by atoms with van der Waals surface area (Å²) >= 11 is 5.82. The van der Waals surface area contributed by atoms with Crippen LogP contribution in [0.1, 0.15) is 5.56 Å². The minimum Gasteiger partial charge on any atom is -0.507 e. The van der Waals surface area contributed by atoms with Gasteiger partial charge in [0.05, 0.1) is 0 Å². The van der Waals surface area contributed by atoms with E-state index < -0.39 is 11.6 Å². The lowest BCUT2D eigenvalue weighted by atomic mass is 10.0. The van der Waals surface area contributed by atoms with Crippen LogP contribution < -0.4 is 0 Å². The van der Waals surface area contributed by atoms with Gasteiger partial charge in [0, 0.05) is 22.2 Å². The van der Waals surface area contributed by atoms with Crippen LogP contribution >= 0.6 is 11.6 Å². The first-order chi connectivity index (χ1) is 7.99. The van der Waals surface area contributed by atoms with Gasteiger partial charge in [-0.25, -0.2) is 8.78 Å². The van der Waals surface area contributed by atoms with Crippen LogP contribution in [0.5, 0.6) is 5.75 Å². The van der Waals surface area contributed by atoms with Gasteiger partial charge < -0.3 is 5.11 Å². The molecular weight excluding hydrogens is 246 g/mol. The minimum absolute atomic E-state index is 0.133. The molecule has 17 heavy (non-hydrogen) atoms. The lowest BCUT2D eigenvalue weighted by molar-refractivity contribution is 0.476. The summed E-state index contributed by atoms with van der Waals surface area (Å²) in [7, 11) is 0. The van der Waals surface area contributed by atoms with E-state index in [1.54, 1.807) is 13.0 Å². The quantitative estimate of drug-likeness (QED) is 0.804. The molecule has 0 heterocycles. The van der Waals surface area contributed by atoms with Gasteiger partial charge >= 0.3 is 0 Å². The van der Waals surface area contributed by atoms with Gasteiger partial charge in [-0.1, -0.05) is 11.6 Å². The Morgan fingerprint density at radius 1 is 1.06 bits per heavy atom. The number of benzene rings is 2. The van der Waals surface area contributed by atoms with E-state index in [0.29, 0.717) is 16.1 Å². The maximum Gasteiger partial charge on any atom is 0.134 e. The second-order valence-electron chi connectivity index (χ2n) is 3.74. The van der Waals surface area contributed by atoms with Crippen molar-refractivity contribution in [3.63, 3.8) is 0 Å². The first-order valence-corrected chi connectivity index (χ1v) is 5.31. The fraction of sp³-hybridized carbons (Fsp3) is 0.0769. The zero-order valence-electron chi connectivity index (χ0n) is 8.97. The van der Waals surface area contributed by atoms with Crippen LogP contribution in [0.4, 0.5) is 8.78 Å². The van der Waals surface area contributed by atoms with Crippen LogP contribution in [0.15, 0.2) is 30.3 Å². The largest absolute Gasteiger partial charge is 0.507 e. The molecule has 2 aromatic carbocycles. The number of hydrogen-bond acceptors (Lipinski definition) is 1. The molecule has 2 aromatic rings. The maximum atomic E-state index is 13.6. The Morgan fingerprint density at radius 3 is 2.41 bits per heavy atom. The molecule has 0 unspecified atom stereocenters. The third kappa shape index (κ3) is 2.24. The van der Waals surface area contributed by atoms with Crippen LogP contribution in [-0.2, 0) is 0 Å². The fourth-order valence-electron chi connectivity index (χ4n) is 1.59. The van der Waals surface area contributed by atoms with E-state index in [-0.39, 0.29) is 11.3 Å². The van der Waals surface area contributed by atoms with E-state index in [0.717, 1.165) is 12.1 Å². The van der Waals surface area contributed by atoms with Crippen LogP contribution in [-0.4, -0.2) is 5.11 Å². The first-order valence-electron chi connectivity index (χ1n) is 4.93. The Labute approximate surface area is 102 Å². The summed E-state index contributed by atoms with van der Waals surface area (Å²) in [5.41, 5.74) is 1.15. The molecule has 2 rings (SSSR count). The molecule has 0 aliphatic rings. The number of phenols is 1. The zero-order chi connectivity index (χ0) is 12.6. The Bertz CT molecular complexity index is 582. The molecule has 1 nitrogen and oxygen atoms in total. The van der Waals surface area contributed by atoms with Crippen LogP contribution in [0.2, 0.25) is 5.02 Å². The minimum atomic E-state index is -0.720. The number of aromatic hydroxyl groups is 1. The SMILES string of the molecule is Cc1cc(-c2ccc(F)cc2F)c(O)cc1Cl. The molecule has 0 aliphatic heterocycles. The van der Waals surface area contributed by atoms with Gasteiger partial charge in [0.15, 0.2) is 0 Å². The summed E-state index contributed by atoms with van der Waals surface area (Å²) in [4.78, 5) is 0. The Morgan fingerprint density at radius 2 is 1.76 bits per heavy atom. The third-order valence-electron chi connectivity index (χ3n) is 2.50. The highest BCUT2D eigenvalue weighted by atomic mass is 35.5.